The molecule has 5 heteroatoms. The molecule has 1 rings (SSSR count). The molecule has 0 bridgehead atoms. The molecule has 0 spiro atoms. The van der Waals surface area contributed by atoms with Crippen LogP contribution in [0.25, 0.3) is 0 Å². The standard InChI is InChI=1S/C10H9F3O2/c11-10(12,13)6-7-1-2-9(15)8(5-7)3-4-14/h1-2,4-5,15H,3,6H2. The molecule has 0 aliphatic rings. The molecule has 0 saturated heterocycles. The Hall–Kier alpha value is -1.52. The Labute approximate surface area is 84.3 Å². The van der Waals surface area contributed by atoms with Gasteiger partial charge in [0, 0.05) is 12.0 Å². The van der Waals surface area contributed by atoms with E-state index in [1.165, 1.54) is 18.2 Å². The fraction of sp³-hybridized carbons (Fsp3) is 0.300. The highest BCUT2D eigenvalue weighted by Crippen LogP contribution is 2.25. The number of alkyl halides is 3. The van der Waals surface area contributed by atoms with Crippen molar-refractivity contribution < 1.29 is 23.1 Å². The van der Waals surface area contributed by atoms with Crippen LogP contribution in [0, 0.1) is 0 Å². The van der Waals surface area contributed by atoms with Gasteiger partial charge in [-0.2, -0.15) is 13.2 Å². The highest BCUT2D eigenvalue weighted by molar-refractivity contribution is 5.57. The van der Waals surface area contributed by atoms with Crippen molar-refractivity contribution in [2.75, 3.05) is 0 Å². The minimum Gasteiger partial charge on any atom is -0.508 e. The molecule has 0 radical (unpaired) electrons. The van der Waals surface area contributed by atoms with Crippen LogP contribution in [0.5, 0.6) is 5.75 Å². The number of phenolic OH excluding ortho intramolecular Hbond substituents is 1. The van der Waals surface area contributed by atoms with E-state index >= 15 is 0 Å². The molecule has 82 valence electrons. The maximum absolute atomic E-state index is 12.0. The lowest BCUT2D eigenvalue weighted by atomic mass is 10.1. The molecule has 0 unspecified atom stereocenters. The molecule has 15 heavy (non-hydrogen) atoms. The van der Waals surface area contributed by atoms with Crippen LogP contribution in [0.15, 0.2) is 18.2 Å². The zero-order chi connectivity index (χ0) is 11.5. The van der Waals surface area contributed by atoms with Gasteiger partial charge >= 0.3 is 6.18 Å². The third-order valence-corrected chi connectivity index (χ3v) is 1.85. The van der Waals surface area contributed by atoms with Gasteiger partial charge in [0.2, 0.25) is 0 Å². The van der Waals surface area contributed by atoms with Gasteiger partial charge in [-0.1, -0.05) is 12.1 Å². The van der Waals surface area contributed by atoms with Gasteiger partial charge in [0.05, 0.1) is 6.42 Å². The Balaban J connectivity index is 2.92. The number of hydrogen-bond donors (Lipinski definition) is 1. The number of benzene rings is 1. The Bertz CT molecular complexity index is 358. The topological polar surface area (TPSA) is 37.3 Å². The number of rotatable bonds is 3. The number of halogens is 3. The molecular weight excluding hydrogens is 209 g/mol. The van der Waals surface area contributed by atoms with E-state index in [1.54, 1.807) is 0 Å². The van der Waals surface area contributed by atoms with Crippen molar-refractivity contribution in [1.29, 1.82) is 0 Å². The molecule has 0 aromatic heterocycles. The lowest BCUT2D eigenvalue weighted by Crippen LogP contribution is -2.11. The van der Waals surface area contributed by atoms with E-state index in [9.17, 15) is 23.1 Å². The zero-order valence-electron chi connectivity index (χ0n) is 7.71. The molecule has 0 saturated carbocycles. The average molecular weight is 218 g/mol. The fourth-order valence-electron chi connectivity index (χ4n) is 1.23. The highest BCUT2D eigenvalue weighted by atomic mass is 19.4. The SMILES string of the molecule is O=CCc1cc(CC(F)(F)F)ccc1O. The molecule has 0 atom stereocenters. The van der Waals surface area contributed by atoms with Gasteiger partial charge in [-0.15, -0.1) is 0 Å². The molecule has 0 aliphatic carbocycles. The van der Waals surface area contributed by atoms with Gasteiger partial charge in [-0.3, -0.25) is 0 Å². The van der Waals surface area contributed by atoms with Crippen molar-refractivity contribution in [1.82, 2.24) is 0 Å². The molecule has 1 aromatic carbocycles. The van der Waals surface area contributed by atoms with Gasteiger partial charge in [0.1, 0.15) is 12.0 Å². The largest absolute Gasteiger partial charge is 0.508 e. The molecule has 0 amide bonds. The second kappa shape index (κ2) is 4.33. The van der Waals surface area contributed by atoms with Gasteiger partial charge in [-0.25, -0.2) is 0 Å². The monoisotopic (exact) mass is 218 g/mol. The smallest absolute Gasteiger partial charge is 0.393 e. The van der Waals surface area contributed by atoms with Crippen molar-refractivity contribution >= 4 is 6.29 Å². The van der Waals surface area contributed by atoms with Crippen LogP contribution in [0.3, 0.4) is 0 Å². The molecular formula is C10H9F3O2. The molecule has 1 aromatic rings. The van der Waals surface area contributed by atoms with Gasteiger partial charge in [0.15, 0.2) is 0 Å². The van der Waals surface area contributed by atoms with E-state index in [0.29, 0.717) is 6.29 Å². The van der Waals surface area contributed by atoms with Crippen LogP contribution in [0.4, 0.5) is 13.2 Å². The third kappa shape index (κ3) is 3.61. The maximum Gasteiger partial charge on any atom is 0.393 e. The van der Waals surface area contributed by atoms with Crippen molar-refractivity contribution in [3.63, 3.8) is 0 Å². The third-order valence-electron chi connectivity index (χ3n) is 1.85. The number of aldehydes is 1. The molecule has 1 N–H and O–H groups in total. The average Bonchev–Trinajstić information content (AvgIpc) is 2.09. The summed E-state index contributed by atoms with van der Waals surface area (Å²) in [6.07, 6.45) is -4.89. The van der Waals surface area contributed by atoms with Crippen LogP contribution >= 0.6 is 0 Å². The Morgan fingerprint density at radius 1 is 1.33 bits per heavy atom. The van der Waals surface area contributed by atoms with E-state index in [4.69, 9.17) is 0 Å². The predicted molar refractivity (Wildman–Crippen MR) is 47.6 cm³/mol. The fourth-order valence-corrected chi connectivity index (χ4v) is 1.23. The summed E-state index contributed by atoms with van der Waals surface area (Å²) in [4.78, 5) is 10.2. The number of phenols is 1. The first kappa shape index (κ1) is 11.6. The maximum atomic E-state index is 12.0. The summed E-state index contributed by atoms with van der Waals surface area (Å²) in [6, 6.07) is 3.55. The van der Waals surface area contributed by atoms with Crippen molar-refractivity contribution in [2.24, 2.45) is 0 Å². The van der Waals surface area contributed by atoms with Crippen LogP contribution < -0.4 is 0 Å². The van der Waals surface area contributed by atoms with E-state index in [1.807, 2.05) is 0 Å². The summed E-state index contributed by atoms with van der Waals surface area (Å²) >= 11 is 0. The van der Waals surface area contributed by atoms with E-state index in [0.717, 1.165) is 0 Å². The van der Waals surface area contributed by atoms with E-state index in [-0.39, 0.29) is 23.3 Å². The molecule has 0 fully saturated rings. The first-order valence-electron chi connectivity index (χ1n) is 4.23. The summed E-state index contributed by atoms with van der Waals surface area (Å²) in [5.74, 6) is -0.159. The summed E-state index contributed by atoms with van der Waals surface area (Å²) < 4.78 is 36.1. The van der Waals surface area contributed by atoms with Crippen LogP contribution in [-0.2, 0) is 17.6 Å². The summed E-state index contributed by atoms with van der Waals surface area (Å²) in [5.41, 5.74) is 0.254. The van der Waals surface area contributed by atoms with Crippen molar-refractivity contribution in [2.45, 2.75) is 19.0 Å². The summed E-state index contributed by atoms with van der Waals surface area (Å²) in [5, 5.41) is 9.22. The molecule has 2 nitrogen and oxygen atoms in total. The minimum atomic E-state index is -4.28. The van der Waals surface area contributed by atoms with Crippen LogP contribution in [0.1, 0.15) is 11.1 Å². The predicted octanol–water partition coefficient (Wildman–Crippen LogP) is 2.24. The normalized spacial score (nSPS) is 11.4. The number of aromatic hydroxyl groups is 1. The lowest BCUT2D eigenvalue weighted by Gasteiger charge is -2.08. The number of carbonyl (C=O) groups excluding carboxylic acids is 1. The second-order valence-electron chi connectivity index (χ2n) is 3.13. The second-order valence-corrected chi connectivity index (χ2v) is 3.13. The van der Waals surface area contributed by atoms with Crippen LogP contribution in [0.2, 0.25) is 0 Å². The highest BCUT2D eigenvalue weighted by Gasteiger charge is 2.27. The van der Waals surface area contributed by atoms with E-state index in [2.05, 4.69) is 0 Å². The zero-order valence-corrected chi connectivity index (χ0v) is 7.71. The number of hydrogen-bond acceptors (Lipinski definition) is 2. The molecule has 0 aliphatic heterocycles. The Kier molecular flexibility index (Phi) is 3.34. The van der Waals surface area contributed by atoms with E-state index < -0.39 is 12.6 Å². The van der Waals surface area contributed by atoms with Crippen LogP contribution in [-0.4, -0.2) is 17.6 Å². The van der Waals surface area contributed by atoms with Gasteiger partial charge in [0.25, 0.3) is 0 Å². The van der Waals surface area contributed by atoms with Gasteiger partial charge in [-0.05, 0) is 11.6 Å². The Morgan fingerprint density at radius 3 is 2.53 bits per heavy atom. The van der Waals surface area contributed by atoms with Crippen molar-refractivity contribution in [3.05, 3.63) is 29.3 Å². The first-order valence-corrected chi connectivity index (χ1v) is 4.23. The first-order chi connectivity index (χ1) is 6.92. The molecule has 0 heterocycles. The summed E-state index contributed by atoms with van der Waals surface area (Å²) in [7, 11) is 0. The van der Waals surface area contributed by atoms with Crippen molar-refractivity contribution in [3.8, 4) is 5.75 Å². The Morgan fingerprint density at radius 2 is 2.00 bits per heavy atom. The lowest BCUT2D eigenvalue weighted by molar-refractivity contribution is -0.127. The quantitative estimate of drug-likeness (QED) is 0.790. The summed E-state index contributed by atoms with van der Waals surface area (Å²) in [6.45, 7) is 0. The minimum absolute atomic E-state index is 0.0390. The van der Waals surface area contributed by atoms with Gasteiger partial charge < -0.3 is 9.90 Å². The number of carbonyl (C=O) groups is 1.